The third kappa shape index (κ3) is 2.39. The number of fused-ring (bicyclic) bond motifs is 1. The predicted molar refractivity (Wildman–Crippen MR) is 65.9 cm³/mol. The van der Waals surface area contributed by atoms with Crippen LogP contribution in [0.15, 0.2) is 12.1 Å². The first kappa shape index (κ1) is 11.9. The second kappa shape index (κ2) is 4.71. The van der Waals surface area contributed by atoms with Crippen molar-refractivity contribution in [1.82, 2.24) is 14.5 Å². The fraction of sp³-hybridized carbons (Fsp3) is 0.364. The number of alkyl halides is 1. The number of carbonyl (C=O) groups excluding carboxylic acids is 1. The summed E-state index contributed by atoms with van der Waals surface area (Å²) in [5, 5.41) is 0. The van der Waals surface area contributed by atoms with Gasteiger partial charge in [-0.1, -0.05) is 0 Å². The van der Waals surface area contributed by atoms with E-state index in [0.29, 0.717) is 17.9 Å². The highest BCUT2D eigenvalue weighted by Crippen LogP contribution is 2.15. The zero-order chi connectivity index (χ0) is 12.4. The minimum atomic E-state index is -0.413. The normalized spacial score (nSPS) is 10.9. The molecule has 0 fully saturated rings. The largest absolute Gasteiger partial charge is 0.368 e. The van der Waals surface area contributed by atoms with Crippen molar-refractivity contribution in [1.29, 1.82) is 0 Å². The molecule has 2 rings (SSSR count). The van der Waals surface area contributed by atoms with Gasteiger partial charge in [0, 0.05) is 18.0 Å². The number of nitrogens with zero attached hydrogens (tertiary/aromatic N) is 3. The molecule has 2 heterocycles. The molecule has 0 aliphatic carbocycles. The molecule has 0 bridgehead atoms. The van der Waals surface area contributed by atoms with Crippen molar-refractivity contribution >= 4 is 28.7 Å². The minimum absolute atomic E-state index is 0.0825. The van der Waals surface area contributed by atoms with E-state index in [0.717, 1.165) is 17.0 Å². The molecule has 0 aliphatic rings. The molecule has 0 saturated heterocycles. The van der Waals surface area contributed by atoms with Crippen LogP contribution in [0.2, 0.25) is 0 Å². The Hall–Kier alpha value is -1.62. The highest BCUT2D eigenvalue weighted by molar-refractivity contribution is 6.17. The SMILES string of the molecule is Cc1ccc2nc(CCCl)n(CC(N)=O)c2n1. The highest BCUT2D eigenvalue weighted by atomic mass is 35.5. The van der Waals surface area contributed by atoms with Crippen LogP contribution in [0, 0.1) is 6.92 Å². The topological polar surface area (TPSA) is 73.8 Å². The van der Waals surface area contributed by atoms with E-state index in [2.05, 4.69) is 9.97 Å². The van der Waals surface area contributed by atoms with Crippen LogP contribution < -0.4 is 5.73 Å². The van der Waals surface area contributed by atoms with Gasteiger partial charge in [0.25, 0.3) is 0 Å². The van der Waals surface area contributed by atoms with E-state index in [1.165, 1.54) is 0 Å². The van der Waals surface area contributed by atoms with Crippen molar-refractivity contribution in [3.63, 3.8) is 0 Å². The average Bonchev–Trinajstić information content (AvgIpc) is 2.57. The molecule has 2 aromatic rings. The molecular formula is C11H13ClN4O. The number of nitrogens with two attached hydrogens (primary N) is 1. The lowest BCUT2D eigenvalue weighted by atomic mass is 10.3. The summed E-state index contributed by atoms with van der Waals surface area (Å²) in [6.07, 6.45) is 0.588. The van der Waals surface area contributed by atoms with E-state index in [-0.39, 0.29) is 6.54 Å². The summed E-state index contributed by atoms with van der Waals surface area (Å²) in [6.45, 7) is 1.97. The molecule has 0 atom stereocenters. The van der Waals surface area contributed by atoms with Gasteiger partial charge in [0.2, 0.25) is 5.91 Å². The number of carbonyl (C=O) groups is 1. The molecule has 2 aromatic heterocycles. The van der Waals surface area contributed by atoms with E-state index < -0.39 is 5.91 Å². The molecule has 6 heteroatoms. The second-order valence-electron chi connectivity index (χ2n) is 3.81. The van der Waals surface area contributed by atoms with Crippen molar-refractivity contribution in [2.24, 2.45) is 5.73 Å². The Balaban J connectivity index is 2.59. The summed E-state index contributed by atoms with van der Waals surface area (Å²) in [7, 11) is 0. The zero-order valence-corrected chi connectivity index (χ0v) is 10.2. The second-order valence-corrected chi connectivity index (χ2v) is 4.19. The van der Waals surface area contributed by atoms with Crippen LogP contribution >= 0.6 is 11.6 Å². The van der Waals surface area contributed by atoms with Gasteiger partial charge in [-0.05, 0) is 19.1 Å². The van der Waals surface area contributed by atoms with Gasteiger partial charge >= 0.3 is 0 Å². The maximum absolute atomic E-state index is 11.1. The molecule has 0 radical (unpaired) electrons. The number of rotatable bonds is 4. The number of primary amides is 1. The molecule has 0 spiro atoms. The molecule has 0 unspecified atom stereocenters. The number of pyridine rings is 1. The maximum atomic E-state index is 11.1. The smallest absolute Gasteiger partial charge is 0.237 e. The van der Waals surface area contributed by atoms with E-state index in [4.69, 9.17) is 17.3 Å². The first-order chi connectivity index (χ1) is 8.11. The third-order valence-electron chi connectivity index (χ3n) is 2.44. The average molecular weight is 253 g/mol. The van der Waals surface area contributed by atoms with Crippen molar-refractivity contribution in [2.75, 3.05) is 5.88 Å². The van der Waals surface area contributed by atoms with E-state index in [1.54, 1.807) is 4.57 Å². The maximum Gasteiger partial charge on any atom is 0.237 e. The van der Waals surface area contributed by atoms with E-state index in [9.17, 15) is 4.79 Å². The molecule has 0 saturated carbocycles. The van der Waals surface area contributed by atoms with Gasteiger partial charge in [0.05, 0.1) is 0 Å². The predicted octanol–water partition coefficient (Wildman–Crippen LogP) is 1.01. The van der Waals surface area contributed by atoms with Crippen molar-refractivity contribution in [3.8, 4) is 0 Å². The van der Waals surface area contributed by atoms with Crippen molar-refractivity contribution in [3.05, 3.63) is 23.7 Å². The zero-order valence-electron chi connectivity index (χ0n) is 9.48. The number of imidazole rings is 1. The Kier molecular flexibility index (Phi) is 3.28. The molecule has 0 aromatic carbocycles. The van der Waals surface area contributed by atoms with Crippen LogP contribution in [-0.4, -0.2) is 26.3 Å². The number of halogens is 1. The van der Waals surface area contributed by atoms with Gasteiger partial charge in [0.1, 0.15) is 17.9 Å². The lowest BCUT2D eigenvalue weighted by Crippen LogP contribution is -2.20. The molecule has 90 valence electrons. The fourth-order valence-electron chi connectivity index (χ4n) is 1.74. The lowest BCUT2D eigenvalue weighted by Gasteiger charge is -2.04. The minimum Gasteiger partial charge on any atom is -0.368 e. The van der Waals surface area contributed by atoms with E-state index >= 15 is 0 Å². The Morgan fingerprint density at radius 3 is 2.88 bits per heavy atom. The monoisotopic (exact) mass is 252 g/mol. The molecule has 2 N–H and O–H groups in total. The summed E-state index contributed by atoms with van der Waals surface area (Å²) >= 11 is 5.71. The number of aryl methyl sites for hydroxylation is 2. The van der Waals surface area contributed by atoms with E-state index in [1.807, 2.05) is 19.1 Å². The van der Waals surface area contributed by atoms with Gasteiger partial charge in [-0.15, -0.1) is 11.6 Å². The number of amides is 1. The van der Waals surface area contributed by atoms with Crippen LogP contribution in [-0.2, 0) is 17.8 Å². The molecule has 5 nitrogen and oxygen atoms in total. The van der Waals surface area contributed by atoms with Gasteiger partial charge in [-0.3, -0.25) is 4.79 Å². The van der Waals surface area contributed by atoms with Gasteiger partial charge in [-0.2, -0.15) is 0 Å². The molecular weight excluding hydrogens is 240 g/mol. The van der Waals surface area contributed by atoms with Gasteiger partial charge < -0.3 is 10.3 Å². The Bertz CT molecular complexity index is 564. The quantitative estimate of drug-likeness (QED) is 0.826. The molecule has 0 aliphatic heterocycles. The summed E-state index contributed by atoms with van der Waals surface area (Å²) in [5.41, 5.74) is 7.55. The fourth-order valence-corrected chi connectivity index (χ4v) is 1.91. The van der Waals surface area contributed by atoms with Gasteiger partial charge in [-0.25, -0.2) is 9.97 Å². The van der Waals surface area contributed by atoms with Crippen molar-refractivity contribution < 1.29 is 4.79 Å². The summed E-state index contributed by atoms with van der Waals surface area (Å²) in [4.78, 5) is 19.9. The number of aromatic nitrogens is 3. The molecule has 1 amide bonds. The Labute approximate surface area is 104 Å². The third-order valence-corrected chi connectivity index (χ3v) is 2.63. The van der Waals surface area contributed by atoms with Crippen molar-refractivity contribution in [2.45, 2.75) is 19.9 Å². The Morgan fingerprint density at radius 1 is 1.47 bits per heavy atom. The number of hydrogen-bond acceptors (Lipinski definition) is 3. The lowest BCUT2D eigenvalue weighted by molar-refractivity contribution is -0.118. The van der Waals surface area contributed by atoms with Crippen LogP contribution in [0.3, 0.4) is 0 Å². The summed E-state index contributed by atoms with van der Waals surface area (Å²) < 4.78 is 1.73. The van der Waals surface area contributed by atoms with Crippen LogP contribution in [0.25, 0.3) is 11.2 Å². The standard InChI is InChI=1S/C11H13ClN4O/c1-7-2-3-8-11(14-7)16(6-9(13)17)10(15-8)4-5-12/h2-3H,4-6H2,1H3,(H2,13,17). The summed E-state index contributed by atoms with van der Waals surface area (Å²) in [5.74, 6) is 0.775. The van der Waals surface area contributed by atoms with Crippen LogP contribution in [0.4, 0.5) is 0 Å². The van der Waals surface area contributed by atoms with Gasteiger partial charge in [0.15, 0.2) is 5.65 Å². The summed E-state index contributed by atoms with van der Waals surface area (Å²) in [6, 6.07) is 3.77. The first-order valence-electron chi connectivity index (χ1n) is 5.29. The van der Waals surface area contributed by atoms with Crippen LogP contribution in [0.1, 0.15) is 11.5 Å². The molecule has 17 heavy (non-hydrogen) atoms. The van der Waals surface area contributed by atoms with Crippen LogP contribution in [0.5, 0.6) is 0 Å². The highest BCUT2D eigenvalue weighted by Gasteiger charge is 2.13. The Morgan fingerprint density at radius 2 is 2.24 bits per heavy atom. The number of hydrogen-bond donors (Lipinski definition) is 1. The first-order valence-corrected chi connectivity index (χ1v) is 5.82.